The monoisotopic (exact) mass is 399 g/mol. The Morgan fingerprint density at radius 2 is 1.96 bits per heavy atom. The van der Waals surface area contributed by atoms with E-state index in [1.165, 1.54) is 11.3 Å². The van der Waals surface area contributed by atoms with Crippen LogP contribution in [0, 0.1) is 13.8 Å². The van der Waals surface area contributed by atoms with Gasteiger partial charge in [-0.2, -0.15) is 5.10 Å². The van der Waals surface area contributed by atoms with Crippen LogP contribution in [0.5, 0.6) is 0 Å². The SMILES string of the molecule is Cc1cc(C)n(-c2cncc(N3CCN(CC(=O)Nc4nncs4)CC3)n2)n1. The Balaban J connectivity index is 1.35. The Morgan fingerprint density at radius 3 is 2.64 bits per heavy atom. The highest BCUT2D eigenvalue weighted by atomic mass is 32.1. The minimum absolute atomic E-state index is 0.0727. The summed E-state index contributed by atoms with van der Waals surface area (Å²) >= 11 is 1.31. The number of amides is 1. The number of hydrogen-bond acceptors (Lipinski definition) is 9. The molecule has 1 N–H and O–H groups in total. The highest BCUT2D eigenvalue weighted by molar-refractivity contribution is 7.13. The molecule has 4 heterocycles. The second kappa shape index (κ2) is 7.98. The van der Waals surface area contributed by atoms with Crippen molar-refractivity contribution in [1.82, 2.24) is 34.8 Å². The minimum Gasteiger partial charge on any atom is -0.353 e. The lowest BCUT2D eigenvalue weighted by Gasteiger charge is -2.34. The normalized spacial score (nSPS) is 15.0. The summed E-state index contributed by atoms with van der Waals surface area (Å²) in [6.07, 6.45) is 3.49. The molecule has 1 saturated heterocycles. The van der Waals surface area contributed by atoms with Crippen molar-refractivity contribution in [3.8, 4) is 5.82 Å². The predicted molar refractivity (Wildman–Crippen MR) is 106 cm³/mol. The maximum Gasteiger partial charge on any atom is 0.240 e. The number of piperazine rings is 1. The third kappa shape index (κ3) is 4.15. The van der Waals surface area contributed by atoms with Gasteiger partial charge in [-0.05, 0) is 19.9 Å². The van der Waals surface area contributed by atoms with Crippen molar-refractivity contribution in [3.05, 3.63) is 35.4 Å². The number of nitrogens with zero attached hydrogens (tertiary/aromatic N) is 8. The second-order valence-electron chi connectivity index (χ2n) is 6.63. The number of nitrogens with one attached hydrogen (secondary N) is 1. The van der Waals surface area contributed by atoms with E-state index in [0.717, 1.165) is 43.4 Å². The molecule has 0 saturated carbocycles. The van der Waals surface area contributed by atoms with Crippen molar-refractivity contribution in [2.45, 2.75) is 13.8 Å². The van der Waals surface area contributed by atoms with Crippen molar-refractivity contribution in [2.24, 2.45) is 0 Å². The average molecular weight is 399 g/mol. The van der Waals surface area contributed by atoms with Crippen molar-refractivity contribution < 1.29 is 4.79 Å². The van der Waals surface area contributed by atoms with E-state index in [0.29, 0.717) is 17.5 Å². The van der Waals surface area contributed by atoms with Crippen molar-refractivity contribution in [1.29, 1.82) is 0 Å². The molecule has 0 aliphatic carbocycles. The van der Waals surface area contributed by atoms with E-state index in [4.69, 9.17) is 4.98 Å². The fourth-order valence-corrected chi connectivity index (χ4v) is 3.65. The quantitative estimate of drug-likeness (QED) is 0.674. The van der Waals surface area contributed by atoms with E-state index in [9.17, 15) is 4.79 Å². The summed E-state index contributed by atoms with van der Waals surface area (Å²) in [4.78, 5) is 25.5. The Bertz CT molecular complexity index is 947. The summed E-state index contributed by atoms with van der Waals surface area (Å²) in [7, 11) is 0. The van der Waals surface area contributed by atoms with Crippen LogP contribution >= 0.6 is 11.3 Å². The molecule has 1 fully saturated rings. The highest BCUT2D eigenvalue weighted by Gasteiger charge is 2.21. The van der Waals surface area contributed by atoms with E-state index in [-0.39, 0.29) is 5.91 Å². The van der Waals surface area contributed by atoms with E-state index in [2.05, 4.69) is 35.4 Å². The van der Waals surface area contributed by atoms with Gasteiger partial charge >= 0.3 is 0 Å². The number of carbonyl (C=O) groups excluding carboxylic acids is 1. The zero-order valence-electron chi connectivity index (χ0n) is 15.7. The Kier molecular flexibility index (Phi) is 5.26. The number of aromatic nitrogens is 6. The summed E-state index contributed by atoms with van der Waals surface area (Å²) < 4.78 is 1.81. The summed E-state index contributed by atoms with van der Waals surface area (Å²) in [6.45, 7) is 7.40. The zero-order valence-corrected chi connectivity index (χ0v) is 16.6. The fraction of sp³-hybridized carbons (Fsp3) is 0.412. The van der Waals surface area contributed by atoms with E-state index >= 15 is 0 Å². The first-order valence-electron chi connectivity index (χ1n) is 8.97. The molecule has 28 heavy (non-hydrogen) atoms. The van der Waals surface area contributed by atoms with Crippen LogP contribution in [-0.2, 0) is 4.79 Å². The Labute approximate surface area is 166 Å². The number of carbonyl (C=O) groups is 1. The smallest absolute Gasteiger partial charge is 0.240 e. The van der Waals surface area contributed by atoms with Gasteiger partial charge in [0, 0.05) is 31.9 Å². The molecule has 146 valence electrons. The number of aryl methyl sites for hydroxylation is 2. The van der Waals surface area contributed by atoms with Gasteiger partial charge in [0.1, 0.15) is 11.3 Å². The molecule has 0 spiro atoms. The molecule has 0 radical (unpaired) electrons. The number of rotatable bonds is 5. The largest absolute Gasteiger partial charge is 0.353 e. The first-order chi connectivity index (χ1) is 13.6. The van der Waals surface area contributed by atoms with Gasteiger partial charge in [0.25, 0.3) is 0 Å². The van der Waals surface area contributed by atoms with Crippen LogP contribution in [0.3, 0.4) is 0 Å². The molecular formula is C17H21N9OS. The topological polar surface area (TPSA) is 105 Å². The predicted octanol–water partition coefficient (Wildman–Crippen LogP) is 0.891. The summed E-state index contributed by atoms with van der Waals surface area (Å²) in [5, 5.41) is 15.3. The summed E-state index contributed by atoms with van der Waals surface area (Å²) in [5.74, 6) is 1.46. The van der Waals surface area contributed by atoms with E-state index in [1.54, 1.807) is 22.6 Å². The molecule has 11 heteroatoms. The summed E-state index contributed by atoms with van der Waals surface area (Å²) in [6, 6.07) is 2.01. The first kappa shape index (κ1) is 18.4. The van der Waals surface area contributed by atoms with Crippen LogP contribution in [0.1, 0.15) is 11.4 Å². The molecule has 1 aliphatic rings. The molecule has 1 aliphatic heterocycles. The first-order valence-corrected chi connectivity index (χ1v) is 9.85. The highest BCUT2D eigenvalue weighted by Crippen LogP contribution is 2.16. The number of hydrogen-bond donors (Lipinski definition) is 1. The van der Waals surface area contributed by atoms with Crippen LogP contribution in [0.15, 0.2) is 24.0 Å². The fourth-order valence-electron chi connectivity index (χ4n) is 3.19. The van der Waals surface area contributed by atoms with Gasteiger partial charge in [-0.25, -0.2) is 9.67 Å². The molecular weight excluding hydrogens is 378 g/mol. The van der Waals surface area contributed by atoms with Gasteiger partial charge in [-0.3, -0.25) is 20.0 Å². The maximum absolute atomic E-state index is 12.1. The second-order valence-corrected chi connectivity index (χ2v) is 7.46. The molecule has 0 aromatic carbocycles. The molecule has 3 aromatic rings. The standard InChI is InChI=1S/C17H21N9OS/c1-12-7-13(2)26(23-12)15-9-18-8-14(20-15)25-5-3-24(4-6-25)10-16(27)21-17-22-19-11-28-17/h7-9,11H,3-6,10H2,1-2H3,(H,21,22,27). The lowest BCUT2D eigenvalue weighted by atomic mass is 10.3. The van der Waals surface area contributed by atoms with Crippen molar-refractivity contribution in [3.63, 3.8) is 0 Å². The van der Waals surface area contributed by atoms with Gasteiger partial charge in [0.2, 0.25) is 11.0 Å². The van der Waals surface area contributed by atoms with Gasteiger partial charge in [0.05, 0.1) is 24.6 Å². The van der Waals surface area contributed by atoms with Gasteiger partial charge in [0.15, 0.2) is 5.82 Å². The molecule has 3 aromatic heterocycles. The van der Waals surface area contributed by atoms with Gasteiger partial charge < -0.3 is 4.90 Å². The van der Waals surface area contributed by atoms with E-state index in [1.807, 2.05) is 19.9 Å². The Hall–Kier alpha value is -2.92. The van der Waals surface area contributed by atoms with Crippen molar-refractivity contribution in [2.75, 3.05) is 42.9 Å². The van der Waals surface area contributed by atoms with Gasteiger partial charge in [-0.15, -0.1) is 10.2 Å². The molecule has 0 unspecified atom stereocenters. The van der Waals surface area contributed by atoms with Crippen LogP contribution < -0.4 is 10.2 Å². The van der Waals surface area contributed by atoms with Crippen LogP contribution in [-0.4, -0.2) is 73.5 Å². The summed E-state index contributed by atoms with van der Waals surface area (Å²) in [5.41, 5.74) is 3.57. The molecule has 0 bridgehead atoms. The third-order valence-corrected chi connectivity index (χ3v) is 5.11. The average Bonchev–Trinajstić information content (AvgIpc) is 3.31. The molecule has 4 rings (SSSR count). The third-order valence-electron chi connectivity index (χ3n) is 4.51. The lowest BCUT2D eigenvalue weighted by Crippen LogP contribution is -2.49. The Morgan fingerprint density at radius 1 is 1.18 bits per heavy atom. The lowest BCUT2D eigenvalue weighted by molar-refractivity contribution is -0.117. The van der Waals surface area contributed by atoms with Crippen LogP contribution in [0.25, 0.3) is 5.82 Å². The van der Waals surface area contributed by atoms with Crippen LogP contribution in [0.4, 0.5) is 10.9 Å². The van der Waals surface area contributed by atoms with E-state index < -0.39 is 0 Å². The van der Waals surface area contributed by atoms with Gasteiger partial charge in [-0.1, -0.05) is 11.3 Å². The van der Waals surface area contributed by atoms with Crippen LogP contribution in [0.2, 0.25) is 0 Å². The molecule has 0 atom stereocenters. The minimum atomic E-state index is -0.0727. The van der Waals surface area contributed by atoms with Crippen molar-refractivity contribution >= 4 is 28.2 Å². The number of anilines is 2. The molecule has 10 nitrogen and oxygen atoms in total. The molecule has 1 amide bonds. The maximum atomic E-state index is 12.1. The zero-order chi connectivity index (χ0) is 19.5.